The number of anilines is 1. The van der Waals surface area contributed by atoms with Crippen LogP contribution in [0.5, 0.6) is 0 Å². The molecular formula is C26H33N3O4. The Labute approximate surface area is 195 Å². The number of benzene rings is 2. The monoisotopic (exact) mass is 451 g/mol. The first-order valence-electron chi connectivity index (χ1n) is 11.6. The minimum Gasteiger partial charge on any atom is -0.450 e. The second-order valence-electron chi connectivity index (χ2n) is 8.31. The maximum absolute atomic E-state index is 12.0. The van der Waals surface area contributed by atoms with Gasteiger partial charge in [-0.2, -0.15) is 0 Å². The molecule has 2 aromatic carbocycles. The Morgan fingerprint density at radius 2 is 1.91 bits per heavy atom. The van der Waals surface area contributed by atoms with Gasteiger partial charge >= 0.3 is 6.09 Å². The van der Waals surface area contributed by atoms with Gasteiger partial charge in [0.25, 0.3) is 0 Å². The molecule has 7 nitrogen and oxygen atoms in total. The molecular weight excluding hydrogens is 418 g/mol. The van der Waals surface area contributed by atoms with Crippen molar-refractivity contribution in [1.29, 1.82) is 0 Å². The van der Waals surface area contributed by atoms with Crippen LogP contribution in [0.1, 0.15) is 25.3 Å². The Morgan fingerprint density at radius 1 is 1.12 bits per heavy atom. The standard InChI is InChI=1S/C26H33N3O4/c1-3-33-26(30)29-11-9-22(10-12-29)27-24-16-19(18-32-14-13-31-2)15-21-17-23(28-25(21)24)20-7-5-4-6-8-20/h4-8,15-17,22,27-28H,3,9-14,18H2,1-2H3. The van der Waals surface area contributed by atoms with Crippen LogP contribution >= 0.6 is 0 Å². The molecule has 1 aliphatic rings. The van der Waals surface area contributed by atoms with Crippen LogP contribution in [0.25, 0.3) is 22.2 Å². The van der Waals surface area contributed by atoms with E-state index >= 15 is 0 Å². The highest BCUT2D eigenvalue weighted by Gasteiger charge is 2.24. The zero-order valence-electron chi connectivity index (χ0n) is 19.4. The van der Waals surface area contributed by atoms with Gasteiger partial charge in [0, 0.05) is 37.3 Å². The first-order chi connectivity index (χ1) is 16.2. The Bertz CT molecular complexity index is 1040. The fraction of sp³-hybridized carbons (Fsp3) is 0.423. The molecule has 4 rings (SSSR count). The minimum absolute atomic E-state index is 0.217. The lowest BCUT2D eigenvalue weighted by Gasteiger charge is -2.32. The van der Waals surface area contributed by atoms with Crippen molar-refractivity contribution in [3.8, 4) is 11.3 Å². The van der Waals surface area contributed by atoms with E-state index in [1.54, 1.807) is 12.0 Å². The molecule has 1 amide bonds. The summed E-state index contributed by atoms with van der Waals surface area (Å²) >= 11 is 0. The van der Waals surface area contributed by atoms with Crippen LogP contribution in [0, 0.1) is 0 Å². The van der Waals surface area contributed by atoms with Gasteiger partial charge in [-0.3, -0.25) is 0 Å². The number of carbonyl (C=O) groups is 1. The number of methoxy groups -OCH3 is 1. The van der Waals surface area contributed by atoms with E-state index in [9.17, 15) is 4.79 Å². The number of fused-ring (bicyclic) bond motifs is 1. The number of aromatic nitrogens is 1. The summed E-state index contributed by atoms with van der Waals surface area (Å²) in [4.78, 5) is 17.4. The van der Waals surface area contributed by atoms with Crippen LogP contribution in [0.2, 0.25) is 0 Å². The molecule has 2 heterocycles. The van der Waals surface area contributed by atoms with Crippen LogP contribution in [0.3, 0.4) is 0 Å². The molecule has 2 N–H and O–H groups in total. The Hall–Kier alpha value is -3.03. The second kappa shape index (κ2) is 11.2. The number of hydrogen-bond donors (Lipinski definition) is 2. The van der Waals surface area contributed by atoms with Crippen molar-refractivity contribution in [1.82, 2.24) is 9.88 Å². The van der Waals surface area contributed by atoms with E-state index in [1.807, 2.05) is 25.1 Å². The number of piperidine rings is 1. The number of amides is 1. The number of carbonyl (C=O) groups excluding carboxylic acids is 1. The zero-order chi connectivity index (χ0) is 23.0. The number of nitrogens with zero attached hydrogens (tertiary/aromatic N) is 1. The third-order valence-electron chi connectivity index (χ3n) is 5.95. The lowest BCUT2D eigenvalue weighted by atomic mass is 10.0. The molecule has 1 aromatic heterocycles. The molecule has 7 heteroatoms. The Kier molecular flexibility index (Phi) is 7.86. The third kappa shape index (κ3) is 5.86. The molecule has 0 radical (unpaired) electrons. The van der Waals surface area contributed by atoms with Crippen molar-refractivity contribution in [3.05, 3.63) is 54.1 Å². The van der Waals surface area contributed by atoms with Gasteiger partial charge < -0.3 is 29.4 Å². The first kappa shape index (κ1) is 23.1. The summed E-state index contributed by atoms with van der Waals surface area (Å²) in [6.07, 6.45) is 1.54. The van der Waals surface area contributed by atoms with Gasteiger partial charge in [-0.25, -0.2) is 4.79 Å². The van der Waals surface area contributed by atoms with E-state index in [0.717, 1.165) is 46.3 Å². The smallest absolute Gasteiger partial charge is 0.409 e. The van der Waals surface area contributed by atoms with Gasteiger partial charge in [-0.15, -0.1) is 0 Å². The summed E-state index contributed by atoms with van der Waals surface area (Å²) in [5.41, 5.74) is 5.50. The molecule has 0 atom stereocenters. The summed E-state index contributed by atoms with van der Waals surface area (Å²) in [5.74, 6) is 0. The average Bonchev–Trinajstić information content (AvgIpc) is 3.28. The quantitative estimate of drug-likeness (QED) is 0.446. The summed E-state index contributed by atoms with van der Waals surface area (Å²) in [5, 5.41) is 4.88. The van der Waals surface area contributed by atoms with Gasteiger partial charge in [0.05, 0.1) is 37.6 Å². The largest absolute Gasteiger partial charge is 0.450 e. The highest BCUT2D eigenvalue weighted by molar-refractivity contribution is 5.95. The second-order valence-corrected chi connectivity index (χ2v) is 8.31. The molecule has 0 aliphatic carbocycles. The van der Waals surface area contributed by atoms with Crippen molar-refractivity contribution >= 4 is 22.7 Å². The minimum atomic E-state index is -0.217. The highest BCUT2D eigenvalue weighted by atomic mass is 16.6. The van der Waals surface area contributed by atoms with E-state index in [2.05, 4.69) is 40.6 Å². The third-order valence-corrected chi connectivity index (χ3v) is 5.95. The molecule has 1 saturated heterocycles. The lowest BCUT2D eigenvalue weighted by Crippen LogP contribution is -2.42. The number of ether oxygens (including phenoxy) is 3. The lowest BCUT2D eigenvalue weighted by molar-refractivity contribution is 0.0617. The summed E-state index contributed by atoms with van der Waals surface area (Å²) in [6.45, 7) is 5.30. The van der Waals surface area contributed by atoms with Crippen LogP contribution in [0.15, 0.2) is 48.5 Å². The normalized spacial score (nSPS) is 14.5. The van der Waals surface area contributed by atoms with E-state index in [4.69, 9.17) is 14.2 Å². The van der Waals surface area contributed by atoms with Crippen LogP contribution in [0.4, 0.5) is 10.5 Å². The predicted octanol–water partition coefficient (Wildman–Crippen LogP) is 5.03. The number of nitrogens with one attached hydrogen (secondary N) is 2. The van der Waals surface area contributed by atoms with Crippen molar-refractivity contribution in [2.24, 2.45) is 0 Å². The molecule has 33 heavy (non-hydrogen) atoms. The van der Waals surface area contributed by atoms with Crippen LogP contribution in [-0.2, 0) is 20.8 Å². The van der Waals surface area contributed by atoms with E-state index in [1.165, 1.54) is 0 Å². The topological polar surface area (TPSA) is 75.8 Å². The summed E-state index contributed by atoms with van der Waals surface area (Å²) in [6, 6.07) is 17.2. The number of rotatable bonds is 9. The van der Waals surface area contributed by atoms with Gasteiger partial charge in [-0.1, -0.05) is 30.3 Å². The SMILES string of the molecule is CCOC(=O)N1CCC(Nc2cc(COCCOC)cc3cc(-c4ccccc4)[nH]c23)CC1. The van der Waals surface area contributed by atoms with E-state index < -0.39 is 0 Å². The highest BCUT2D eigenvalue weighted by Crippen LogP contribution is 2.32. The maximum Gasteiger partial charge on any atom is 0.409 e. The zero-order valence-corrected chi connectivity index (χ0v) is 19.4. The van der Waals surface area contributed by atoms with Crippen molar-refractivity contribution < 1.29 is 19.0 Å². The maximum atomic E-state index is 12.0. The molecule has 0 unspecified atom stereocenters. The number of H-pyrrole nitrogens is 1. The Balaban J connectivity index is 1.54. The molecule has 0 saturated carbocycles. The summed E-state index contributed by atoms with van der Waals surface area (Å²) < 4.78 is 16.0. The van der Waals surface area contributed by atoms with Gasteiger partial charge in [-0.05, 0) is 49.1 Å². The van der Waals surface area contributed by atoms with Crippen molar-refractivity contribution in [2.45, 2.75) is 32.4 Å². The van der Waals surface area contributed by atoms with Crippen LogP contribution in [-0.4, -0.2) is 62.0 Å². The molecule has 1 fully saturated rings. The molecule has 0 spiro atoms. The van der Waals surface area contributed by atoms with E-state index in [-0.39, 0.29) is 12.1 Å². The average molecular weight is 452 g/mol. The Morgan fingerprint density at radius 3 is 2.64 bits per heavy atom. The van der Waals surface area contributed by atoms with Gasteiger partial charge in [0.2, 0.25) is 0 Å². The van der Waals surface area contributed by atoms with Gasteiger partial charge in [0.15, 0.2) is 0 Å². The molecule has 176 valence electrons. The van der Waals surface area contributed by atoms with Gasteiger partial charge in [0.1, 0.15) is 0 Å². The van der Waals surface area contributed by atoms with Crippen molar-refractivity contribution in [3.63, 3.8) is 0 Å². The first-order valence-corrected chi connectivity index (χ1v) is 11.6. The van der Waals surface area contributed by atoms with E-state index in [0.29, 0.717) is 39.5 Å². The molecule has 1 aliphatic heterocycles. The number of hydrogen-bond acceptors (Lipinski definition) is 5. The van der Waals surface area contributed by atoms with Crippen LogP contribution < -0.4 is 5.32 Å². The molecule has 3 aromatic rings. The fourth-order valence-corrected chi connectivity index (χ4v) is 4.25. The van der Waals surface area contributed by atoms with Crippen molar-refractivity contribution in [2.75, 3.05) is 45.3 Å². The fourth-order valence-electron chi connectivity index (χ4n) is 4.25. The molecule has 0 bridgehead atoms. The summed E-state index contributed by atoms with van der Waals surface area (Å²) in [7, 11) is 1.68. The predicted molar refractivity (Wildman–Crippen MR) is 131 cm³/mol. The number of aromatic amines is 1. The number of likely N-dealkylation sites (tertiary alicyclic amines) is 1.